The smallest absolute Gasteiger partial charge is 0.214 e. The third kappa shape index (κ3) is 2.00. The highest BCUT2D eigenvalue weighted by molar-refractivity contribution is 7.90. The number of hydrogen-bond donors (Lipinski definition) is 2. The van der Waals surface area contributed by atoms with Gasteiger partial charge in [-0.1, -0.05) is 26.7 Å². The van der Waals surface area contributed by atoms with Crippen LogP contribution in [0.2, 0.25) is 0 Å². The van der Waals surface area contributed by atoms with E-state index >= 15 is 0 Å². The van der Waals surface area contributed by atoms with E-state index in [0.717, 1.165) is 25.7 Å². The van der Waals surface area contributed by atoms with Crippen molar-refractivity contribution in [3.8, 4) is 0 Å². The van der Waals surface area contributed by atoms with Crippen LogP contribution < -0.4 is 4.72 Å². The van der Waals surface area contributed by atoms with Crippen LogP contribution in [0.1, 0.15) is 46.0 Å². The maximum atomic E-state index is 12.0. The molecule has 0 amide bonds. The Balaban J connectivity index is 2.00. The molecule has 0 saturated heterocycles. The van der Waals surface area contributed by atoms with E-state index in [1.807, 2.05) is 13.8 Å². The van der Waals surface area contributed by atoms with Gasteiger partial charge in [0.05, 0.1) is 11.4 Å². The van der Waals surface area contributed by atoms with E-state index in [2.05, 4.69) is 4.72 Å². The highest BCUT2D eigenvalue weighted by atomic mass is 32.2. The second-order valence-corrected chi connectivity index (χ2v) is 7.69. The van der Waals surface area contributed by atoms with E-state index in [1.165, 1.54) is 0 Å². The molecule has 5 heteroatoms. The Morgan fingerprint density at radius 1 is 1.25 bits per heavy atom. The molecular weight excluding hydrogens is 226 g/mol. The molecule has 0 aromatic heterocycles. The van der Waals surface area contributed by atoms with Gasteiger partial charge in [-0.15, -0.1) is 0 Å². The number of nitrogens with one attached hydrogen (secondary N) is 1. The van der Waals surface area contributed by atoms with Gasteiger partial charge in [-0.05, 0) is 19.3 Å². The zero-order valence-corrected chi connectivity index (χ0v) is 10.8. The molecule has 4 nitrogen and oxygen atoms in total. The van der Waals surface area contributed by atoms with Crippen LogP contribution in [0.5, 0.6) is 0 Å². The summed E-state index contributed by atoms with van der Waals surface area (Å²) in [6, 6.07) is -0.104. The van der Waals surface area contributed by atoms with Gasteiger partial charge in [-0.2, -0.15) is 0 Å². The first kappa shape index (κ1) is 12.3. The fourth-order valence-electron chi connectivity index (χ4n) is 2.60. The van der Waals surface area contributed by atoms with Gasteiger partial charge >= 0.3 is 0 Å². The fourth-order valence-corrected chi connectivity index (χ4v) is 4.54. The normalized spacial score (nSPS) is 34.9. The Bertz CT molecular complexity index is 357. The molecule has 16 heavy (non-hydrogen) atoms. The standard InChI is InChI=1S/C11H21NO3S/c1-11(2)9(7-10(11)13)12-16(14,15)8-5-3-4-6-8/h8-10,12-13H,3-7H2,1-2H3. The molecule has 2 rings (SSSR count). The molecule has 0 spiro atoms. The number of rotatable bonds is 3. The van der Waals surface area contributed by atoms with Crippen molar-refractivity contribution < 1.29 is 13.5 Å². The molecule has 0 radical (unpaired) electrons. The molecule has 94 valence electrons. The van der Waals surface area contributed by atoms with Crippen LogP contribution in [0.3, 0.4) is 0 Å². The zero-order chi connectivity index (χ0) is 12.0. The minimum atomic E-state index is -3.18. The Labute approximate surface area is 97.5 Å². The van der Waals surface area contributed by atoms with Crippen LogP contribution in [0.25, 0.3) is 0 Å². The van der Waals surface area contributed by atoms with Gasteiger partial charge < -0.3 is 5.11 Å². The van der Waals surface area contributed by atoms with E-state index in [1.54, 1.807) is 0 Å². The number of hydrogen-bond acceptors (Lipinski definition) is 3. The van der Waals surface area contributed by atoms with Crippen LogP contribution in [-0.2, 0) is 10.0 Å². The molecule has 0 aliphatic heterocycles. The Morgan fingerprint density at radius 3 is 2.25 bits per heavy atom. The van der Waals surface area contributed by atoms with Crippen molar-refractivity contribution in [1.82, 2.24) is 4.72 Å². The summed E-state index contributed by atoms with van der Waals surface area (Å²) >= 11 is 0. The molecule has 2 saturated carbocycles. The zero-order valence-electron chi connectivity index (χ0n) is 9.94. The predicted octanol–water partition coefficient (Wildman–Crippen LogP) is 1.01. The van der Waals surface area contributed by atoms with E-state index in [0.29, 0.717) is 6.42 Å². The summed E-state index contributed by atoms with van der Waals surface area (Å²) in [5.41, 5.74) is -0.328. The number of aliphatic hydroxyl groups excluding tert-OH is 1. The molecule has 2 N–H and O–H groups in total. The minimum Gasteiger partial charge on any atom is -0.392 e. The van der Waals surface area contributed by atoms with Crippen LogP contribution >= 0.6 is 0 Å². The molecule has 0 heterocycles. The molecule has 2 aliphatic rings. The topological polar surface area (TPSA) is 66.4 Å². The third-order valence-electron chi connectivity index (χ3n) is 4.26. The predicted molar refractivity (Wildman–Crippen MR) is 62.5 cm³/mol. The fraction of sp³-hybridized carbons (Fsp3) is 1.00. The average molecular weight is 247 g/mol. The maximum absolute atomic E-state index is 12.0. The lowest BCUT2D eigenvalue weighted by Gasteiger charge is -2.49. The summed E-state index contributed by atoms with van der Waals surface area (Å²) in [6.45, 7) is 3.81. The Kier molecular flexibility index (Phi) is 3.05. The largest absolute Gasteiger partial charge is 0.392 e. The van der Waals surface area contributed by atoms with E-state index in [4.69, 9.17) is 0 Å². The highest BCUT2D eigenvalue weighted by Crippen LogP contribution is 2.41. The lowest BCUT2D eigenvalue weighted by Crippen LogP contribution is -2.61. The number of aliphatic hydroxyl groups is 1. The molecule has 0 aromatic carbocycles. The van der Waals surface area contributed by atoms with Crippen molar-refractivity contribution in [2.45, 2.75) is 63.3 Å². The minimum absolute atomic E-state index is 0.104. The van der Waals surface area contributed by atoms with E-state index in [9.17, 15) is 13.5 Å². The first-order chi connectivity index (χ1) is 7.34. The van der Waals surface area contributed by atoms with Gasteiger partial charge in [0.2, 0.25) is 10.0 Å². The van der Waals surface area contributed by atoms with Crippen molar-refractivity contribution in [2.75, 3.05) is 0 Å². The first-order valence-electron chi connectivity index (χ1n) is 6.03. The summed E-state index contributed by atoms with van der Waals surface area (Å²) in [7, 11) is -3.18. The Hall–Kier alpha value is -0.130. The number of sulfonamides is 1. The summed E-state index contributed by atoms with van der Waals surface area (Å²) in [5, 5.41) is 9.37. The summed E-state index contributed by atoms with van der Waals surface area (Å²) in [6.07, 6.45) is 3.75. The molecule has 2 fully saturated rings. The molecule has 0 aromatic rings. The SMILES string of the molecule is CC1(C)C(O)CC1NS(=O)(=O)C1CCCC1. The highest BCUT2D eigenvalue weighted by Gasteiger charge is 2.49. The van der Waals surface area contributed by atoms with E-state index < -0.39 is 10.0 Å². The molecule has 2 atom stereocenters. The molecule has 2 unspecified atom stereocenters. The lowest BCUT2D eigenvalue weighted by molar-refractivity contribution is -0.0645. The summed E-state index contributed by atoms with van der Waals surface area (Å²) < 4.78 is 26.8. The van der Waals surface area contributed by atoms with Gasteiger partial charge in [0.15, 0.2) is 0 Å². The van der Waals surface area contributed by atoms with Crippen molar-refractivity contribution in [3.63, 3.8) is 0 Å². The van der Waals surface area contributed by atoms with Crippen LogP contribution in [0.15, 0.2) is 0 Å². The average Bonchev–Trinajstić information content (AvgIpc) is 2.70. The Morgan fingerprint density at radius 2 is 1.81 bits per heavy atom. The second kappa shape index (κ2) is 3.96. The molecule has 0 bridgehead atoms. The van der Waals surface area contributed by atoms with Gasteiger partial charge in [0.25, 0.3) is 0 Å². The van der Waals surface area contributed by atoms with Crippen molar-refractivity contribution >= 4 is 10.0 Å². The van der Waals surface area contributed by atoms with Gasteiger partial charge in [0, 0.05) is 11.5 Å². The van der Waals surface area contributed by atoms with E-state index in [-0.39, 0.29) is 22.8 Å². The summed E-state index contributed by atoms with van der Waals surface area (Å²) in [5.74, 6) is 0. The summed E-state index contributed by atoms with van der Waals surface area (Å²) in [4.78, 5) is 0. The first-order valence-corrected chi connectivity index (χ1v) is 7.58. The maximum Gasteiger partial charge on any atom is 0.214 e. The van der Waals surface area contributed by atoms with Crippen molar-refractivity contribution in [2.24, 2.45) is 5.41 Å². The van der Waals surface area contributed by atoms with Crippen LogP contribution in [0.4, 0.5) is 0 Å². The van der Waals surface area contributed by atoms with Crippen LogP contribution in [0, 0.1) is 5.41 Å². The van der Waals surface area contributed by atoms with Crippen molar-refractivity contribution in [3.05, 3.63) is 0 Å². The van der Waals surface area contributed by atoms with Gasteiger partial charge in [-0.25, -0.2) is 13.1 Å². The van der Waals surface area contributed by atoms with Crippen LogP contribution in [-0.4, -0.2) is 30.9 Å². The third-order valence-corrected chi connectivity index (χ3v) is 6.23. The molecule has 2 aliphatic carbocycles. The van der Waals surface area contributed by atoms with Crippen molar-refractivity contribution in [1.29, 1.82) is 0 Å². The lowest BCUT2D eigenvalue weighted by atomic mass is 9.65. The monoisotopic (exact) mass is 247 g/mol. The van der Waals surface area contributed by atoms with Gasteiger partial charge in [-0.3, -0.25) is 0 Å². The quantitative estimate of drug-likeness (QED) is 0.782. The molecular formula is C11H21NO3S. The van der Waals surface area contributed by atoms with Gasteiger partial charge in [0.1, 0.15) is 0 Å². The second-order valence-electron chi connectivity index (χ2n) is 5.69.